The van der Waals surface area contributed by atoms with Crippen LogP contribution < -0.4 is 10.0 Å². The van der Waals surface area contributed by atoms with Crippen molar-refractivity contribution < 1.29 is 21.6 Å². The van der Waals surface area contributed by atoms with Gasteiger partial charge in [0.05, 0.1) is 33.4 Å². The number of benzene rings is 1. The molecule has 1 aromatic carbocycles. The number of hydrogen-bond donors (Lipinski definition) is 2. The van der Waals surface area contributed by atoms with E-state index in [1.807, 2.05) is 0 Å². The van der Waals surface area contributed by atoms with Crippen LogP contribution >= 0.6 is 45.9 Å². The van der Waals surface area contributed by atoms with Gasteiger partial charge in [0.25, 0.3) is 5.91 Å². The highest BCUT2D eigenvalue weighted by Gasteiger charge is 2.29. The first-order valence-corrected chi connectivity index (χ1v) is 18.8. The molecule has 3 aromatic rings. The second-order valence-electron chi connectivity index (χ2n) is 11.1. The van der Waals surface area contributed by atoms with Crippen LogP contribution in [0.25, 0.3) is 10.4 Å². The Bertz CT molecular complexity index is 1650. The Balaban J connectivity index is 1.66. The lowest BCUT2D eigenvalue weighted by Gasteiger charge is -2.22. The smallest absolute Gasteiger partial charge is 0.280 e. The number of sulfone groups is 1. The van der Waals surface area contributed by atoms with Crippen LogP contribution in [0.2, 0.25) is 10.0 Å². The molecule has 0 bridgehead atoms. The van der Waals surface area contributed by atoms with Gasteiger partial charge in [-0.15, -0.1) is 22.7 Å². The summed E-state index contributed by atoms with van der Waals surface area (Å²) in [7, 11) is -7.32. The predicted molar refractivity (Wildman–Crippen MR) is 164 cm³/mol. The highest BCUT2D eigenvalue weighted by molar-refractivity contribution is 7.92. The van der Waals surface area contributed by atoms with Crippen LogP contribution in [-0.4, -0.2) is 44.5 Å². The van der Waals surface area contributed by atoms with Crippen molar-refractivity contribution in [3.05, 3.63) is 44.1 Å². The van der Waals surface area contributed by atoms with Crippen LogP contribution in [0.4, 0.5) is 0 Å². The molecule has 0 unspecified atom stereocenters. The van der Waals surface area contributed by atoms with Crippen molar-refractivity contribution in [3.63, 3.8) is 0 Å². The van der Waals surface area contributed by atoms with Gasteiger partial charge in [-0.1, -0.05) is 61.4 Å². The van der Waals surface area contributed by atoms with E-state index in [9.17, 15) is 21.6 Å². The SMILES string of the molecule is CC(C)(C)NS(=O)(=O)c1ccc(-c2sc(C(=O)NCc3ncc(S(C)(=O)=O)s3)nc2CC2CCCCC2)c(Cl)c1Cl. The standard InChI is InChI=1S/C26H32Cl2N4O5S4/c1-26(2,3)32-41(36,37)18-11-10-16(21(27)22(18)28)23-17(12-15-8-6-5-7-9-15)31-25(39-23)24(33)30-13-19-29-14-20(38-19)40(4,34)35/h10-11,14-15,32H,5-9,12-13H2,1-4H3,(H,30,33). The maximum absolute atomic E-state index is 13.1. The molecule has 2 aromatic heterocycles. The molecule has 0 aliphatic heterocycles. The number of rotatable bonds is 9. The van der Waals surface area contributed by atoms with Crippen LogP contribution in [0.5, 0.6) is 0 Å². The number of carbonyl (C=O) groups is 1. The molecular formula is C26H32Cl2N4O5S4. The molecule has 4 rings (SSSR count). The van der Waals surface area contributed by atoms with Crippen molar-refractivity contribution in [3.8, 4) is 10.4 Å². The highest BCUT2D eigenvalue weighted by Crippen LogP contribution is 2.43. The largest absolute Gasteiger partial charge is 0.343 e. The molecule has 15 heteroatoms. The summed E-state index contributed by atoms with van der Waals surface area (Å²) in [4.78, 5) is 22.4. The van der Waals surface area contributed by atoms with Crippen molar-refractivity contribution in [1.82, 2.24) is 20.0 Å². The van der Waals surface area contributed by atoms with E-state index in [1.54, 1.807) is 26.8 Å². The summed E-state index contributed by atoms with van der Waals surface area (Å²) < 4.78 is 52.2. The quantitative estimate of drug-likeness (QED) is 0.279. The van der Waals surface area contributed by atoms with Gasteiger partial charge in [0, 0.05) is 17.4 Å². The third-order valence-corrected chi connectivity index (χ3v) is 13.1. The maximum atomic E-state index is 13.1. The fourth-order valence-corrected chi connectivity index (χ4v) is 9.72. The van der Waals surface area contributed by atoms with Gasteiger partial charge in [0.15, 0.2) is 14.8 Å². The van der Waals surface area contributed by atoms with Crippen molar-refractivity contribution in [2.45, 2.75) is 80.5 Å². The average Bonchev–Trinajstić information content (AvgIpc) is 3.51. The molecule has 1 amide bonds. The third kappa shape index (κ3) is 8.07. The van der Waals surface area contributed by atoms with Gasteiger partial charge < -0.3 is 5.32 Å². The van der Waals surface area contributed by atoms with Gasteiger partial charge in [-0.2, -0.15) is 0 Å². The van der Waals surface area contributed by atoms with Crippen molar-refractivity contribution in [2.24, 2.45) is 5.92 Å². The second-order valence-corrected chi connectivity index (χ2v) is 17.9. The molecule has 2 N–H and O–H groups in total. The zero-order valence-corrected chi connectivity index (χ0v) is 27.9. The zero-order valence-electron chi connectivity index (χ0n) is 23.1. The molecule has 0 radical (unpaired) electrons. The van der Waals surface area contributed by atoms with E-state index in [-0.39, 0.29) is 30.7 Å². The number of nitrogens with zero attached hydrogens (tertiary/aromatic N) is 2. The minimum absolute atomic E-state index is 0.0474. The fourth-order valence-electron chi connectivity index (χ4n) is 4.61. The lowest BCUT2D eigenvalue weighted by Crippen LogP contribution is -2.40. The molecule has 1 aliphatic rings. The van der Waals surface area contributed by atoms with Crippen LogP contribution in [0, 0.1) is 5.92 Å². The molecule has 9 nitrogen and oxygen atoms in total. The lowest BCUT2D eigenvalue weighted by molar-refractivity contribution is 0.0950. The number of aromatic nitrogens is 2. The van der Waals surface area contributed by atoms with E-state index < -0.39 is 31.3 Å². The van der Waals surface area contributed by atoms with Crippen LogP contribution in [0.1, 0.15) is 73.4 Å². The van der Waals surface area contributed by atoms with E-state index in [4.69, 9.17) is 23.2 Å². The summed E-state index contributed by atoms with van der Waals surface area (Å²) in [6.45, 7) is 5.24. The van der Waals surface area contributed by atoms with Crippen LogP contribution in [-0.2, 0) is 32.8 Å². The molecule has 1 aliphatic carbocycles. The molecule has 1 saturated carbocycles. The molecule has 0 spiro atoms. The van der Waals surface area contributed by atoms with E-state index in [1.165, 1.54) is 18.7 Å². The number of amides is 1. The third-order valence-electron chi connectivity index (χ3n) is 6.42. The first-order chi connectivity index (χ1) is 19.0. The van der Waals surface area contributed by atoms with Crippen LogP contribution in [0.3, 0.4) is 0 Å². The van der Waals surface area contributed by atoms with Gasteiger partial charge in [-0.25, -0.2) is 31.5 Å². The molecule has 41 heavy (non-hydrogen) atoms. The molecule has 1 fully saturated rings. The average molecular weight is 680 g/mol. The Labute approximate surface area is 259 Å². The number of hydrogen-bond acceptors (Lipinski definition) is 9. The predicted octanol–water partition coefficient (Wildman–Crippen LogP) is 6.11. The summed E-state index contributed by atoms with van der Waals surface area (Å²) in [6.07, 6.45) is 8.65. The van der Waals surface area contributed by atoms with Crippen molar-refractivity contribution in [2.75, 3.05) is 6.26 Å². The minimum atomic E-state index is -3.94. The van der Waals surface area contributed by atoms with E-state index >= 15 is 0 Å². The normalized spacial score (nSPS) is 15.3. The number of thiazole rings is 2. The van der Waals surface area contributed by atoms with Gasteiger partial charge in [0.2, 0.25) is 10.0 Å². The molecular weight excluding hydrogens is 647 g/mol. The maximum Gasteiger partial charge on any atom is 0.280 e. The lowest BCUT2D eigenvalue weighted by atomic mass is 9.85. The molecule has 0 saturated heterocycles. The molecule has 0 atom stereocenters. The van der Waals surface area contributed by atoms with Gasteiger partial charge in [-0.3, -0.25) is 4.79 Å². The first-order valence-electron chi connectivity index (χ1n) is 13.0. The second kappa shape index (κ2) is 12.6. The van der Waals surface area contributed by atoms with Crippen LogP contribution in [0.15, 0.2) is 27.4 Å². The van der Waals surface area contributed by atoms with Gasteiger partial charge in [0.1, 0.15) is 14.1 Å². The van der Waals surface area contributed by atoms with Gasteiger partial charge >= 0.3 is 0 Å². The summed E-state index contributed by atoms with van der Waals surface area (Å²) >= 11 is 15.4. The summed E-state index contributed by atoms with van der Waals surface area (Å²) in [5.74, 6) is -0.0202. The monoisotopic (exact) mass is 678 g/mol. The zero-order chi connectivity index (χ0) is 30.2. The van der Waals surface area contributed by atoms with Crippen molar-refractivity contribution >= 4 is 71.6 Å². The number of halogens is 2. The highest BCUT2D eigenvalue weighted by atomic mass is 35.5. The summed E-state index contributed by atoms with van der Waals surface area (Å²) in [5.41, 5.74) is 0.499. The topological polar surface area (TPSA) is 135 Å². The summed E-state index contributed by atoms with van der Waals surface area (Å²) in [5, 5.41) is 3.40. The van der Waals surface area contributed by atoms with E-state index in [0.29, 0.717) is 33.5 Å². The molecule has 224 valence electrons. The Morgan fingerprint density at radius 1 is 1.05 bits per heavy atom. The van der Waals surface area contributed by atoms with Crippen molar-refractivity contribution in [1.29, 1.82) is 0 Å². The fraction of sp³-hybridized carbons (Fsp3) is 0.500. The Kier molecular flexibility index (Phi) is 9.89. The first kappa shape index (κ1) is 32.3. The van der Waals surface area contributed by atoms with E-state index in [0.717, 1.165) is 54.6 Å². The Morgan fingerprint density at radius 3 is 2.34 bits per heavy atom. The number of sulfonamides is 1. The van der Waals surface area contributed by atoms with E-state index in [2.05, 4.69) is 20.0 Å². The minimum Gasteiger partial charge on any atom is -0.343 e. The molecule has 2 heterocycles. The number of carbonyl (C=O) groups excluding carboxylic acids is 1. The Morgan fingerprint density at radius 2 is 1.73 bits per heavy atom. The Hall–Kier alpha value is -1.61. The number of nitrogens with one attached hydrogen (secondary N) is 2. The summed E-state index contributed by atoms with van der Waals surface area (Å²) in [6, 6.07) is 3.02. The van der Waals surface area contributed by atoms with Gasteiger partial charge in [-0.05, 0) is 39.2 Å².